The van der Waals surface area contributed by atoms with Gasteiger partial charge in [-0.25, -0.2) is 0 Å². The molecule has 2 aromatic rings. The van der Waals surface area contributed by atoms with Gasteiger partial charge in [0.25, 0.3) is 5.24 Å². The highest BCUT2D eigenvalue weighted by Gasteiger charge is 2.02. The second kappa shape index (κ2) is 6.25. The van der Waals surface area contributed by atoms with E-state index in [1.165, 1.54) is 0 Å². The smallest absolute Gasteiger partial charge is 0.252 e. The molecule has 0 heterocycles. The van der Waals surface area contributed by atoms with Crippen LogP contribution < -0.4 is 9.47 Å². The minimum atomic E-state index is -0.471. The third-order valence-electron chi connectivity index (χ3n) is 2.65. The molecular weight excluding hydrogens is 264 g/mol. The van der Waals surface area contributed by atoms with Crippen LogP contribution in [0.3, 0.4) is 0 Å². The normalized spacial score (nSPS) is 10.0. The quantitative estimate of drug-likeness (QED) is 0.782. The first-order valence-electron chi connectivity index (χ1n) is 5.74. The zero-order valence-corrected chi connectivity index (χ0v) is 11.2. The van der Waals surface area contributed by atoms with Crippen molar-refractivity contribution in [1.29, 1.82) is 0 Å². The van der Waals surface area contributed by atoms with Crippen LogP contribution in [0.15, 0.2) is 48.5 Å². The lowest BCUT2D eigenvalue weighted by molar-refractivity contribution is 0.108. The summed E-state index contributed by atoms with van der Waals surface area (Å²) < 4.78 is 10.7. The summed E-state index contributed by atoms with van der Waals surface area (Å²) in [7, 11) is 1.63. The fraction of sp³-hybridized carbons (Fsp3) is 0.133. The highest BCUT2D eigenvalue weighted by Crippen LogP contribution is 2.17. The molecule has 2 rings (SSSR count). The predicted molar refractivity (Wildman–Crippen MR) is 74.0 cm³/mol. The maximum Gasteiger partial charge on any atom is 0.252 e. The molecule has 98 valence electrons. The lowest BCUT2D eigenvalue weighted by Crippen LogP contribution is -1.96. The summed E-state index contributed by atoms with van der Waals surface area (Å²) in [5, 5.41) is -0.471. The van der Waals surface area contributed by atoms with Gasteiger partial charge >= 0.3 is 0 Å². The average Bonchev–Trinajstić information content (AvgIpc) is 2.46. The topological polar surface area (TPSA) is 35.5 Å². The number of hydrogen-bond acceptors (Lipinski definition) is 3. The molecule has 0 aliphatic rings. The van der Waals surface area contributed by atoms with Crippen molar-refractivity contribution in [2.24, 2.45) is 0 Å². The van der Waals surface area contributed by atoms with Crippen LogP contribution in [0.5, 0.6) is 11.5 Å². The fourth-order valence-electron chi connectivity index (χ4n) is 1.57. The maximum atomic E-state index is 10.9. The van der Waals surface area contributed by atoms with Crippen LogP contribution in [-0.4, -0.2) is 12.4 Å². The average molecular weight is 277 g/mol. The molecule has 0 saturated carbocycles. The molecule has 4 heteroatoms. The number of halogens is 1. The van der Waals surface area contributed by atoms with E-state index in [2.05, 4.69) is 0 Å². The van der Waals surface area contributed by atoms with E-state index in [0.717, 1.165) is 11.3 Å². The minimum Gasteiger partial charge on any atom is -0.497 e. The molecule has 2 aromatic carbocycles. The van der Waals surface area contributed by atoms with Crippen LogP contribution in [0.2, 0.25) is 0 Å². The molecule has 0 aliphatic carbocycles. The molecule has 0 unspecified atom stereocenters. The summed E-state index contributed by atoms with van der Waals surface area (Å²) in [4.78, 5) is 10.9. The van der Waals surface area contributed by atoms with Gasteiger partial charge in [0.2, 0.25) is 0 Å². The van der Waals surface area contributed by atoms with Gasteiger partial charge in [-0.05, 0) is 53.6 Å². The van der Waals surface area contributed by atoms with Crippen LogP contribution >= 0.6 is 11.6 Å². The van der Waals surface area contributed by atoms with E-state index in [9.17, 15) is 4.79 Å². The number of rotatable bonds is 5. The van der Waals surface area contributed by atoms with E-state index in [4.69, 9.17) is 21.1 Å². The van der Waals surface area contributed by atoms with E-state index in [-0.39, 0.29) is 0 Å². The van der Waals surface area contributed by atoms with Crippen LogP contribution in [0.4, 0.5) is 0 Å². The Morgan fingerprint density at radius 2 is 1.58 bits per heavy atom. The number of carbonyl (C=O) groups excluding carboxylic acids is 1. The van der Waals surface area contributed by atoms with Gasteiger partial charge in [0.15, 0.2) is 0 Å². The summed E-state index contributed by atoms with van der Waals surface area (Å²) >= 11 is 5.37. The Hall–Kier alpha value is -2.00. The van der Waals surface area contributed by atoms with E-state index in [1.807, 2.05) is 24.3 Å². The fourth-order valence-corrected chi connectivity index (χ4v) is 1.70. The minimum absolute atomic E-state index is 0.457. The molecule has 0 saturated heterocycles. The lowest BCUT2D eigenvalue weighted by atomic mass is 10.2. The van der Waals surface area contributed by atoms with E-state index >= 15 is 0 Å². The van der Waals surface area contributed by atoms with Crippen LogP contribution in [0, 0.1) is 0 Å². The lowest BCUT2D eigenvalue weighted by Gasteiger charge is -2.07. The van der Waals surface area contributed by atoms with Crippen LogP contribution in [0.1, 0.15) is 15.9 Å². The molecule has 0 bridgehead atoms. The molecule has 0 aliphatic heterocycles. The molecule has 0 atom stereocenters. The second-order valence-electron chi connectivity index (χ2n) is 3.93. The SMILES string of the molecule is COc1ccc(COc2ccc(C(=O)Cl)cc2)cc1. The number of carbonyl (C=O) groups is 1. The Bertz CT molecular complexity index is 547. The number of methoxy groups -OCH3 is 1. The first-order valence-corrected chi connectivity index (χ1v) is 6.12. The van der Waals surface area contributed by atoms with Gasteiger partial charge in [-0.3, -0.25) is 4.79 Å². The third-order valence-corrected chi connectivity index (χ3v) is 2.86. The summed E-state index contributed by atoms with van der Waals surface area (Å²) in [6.45, 7) is 0.457. The molecule has 0 fully saturated rings. The van der Waals surface area contributed by atoms with E-state index in [1.54, 1.807) is 31.4 Å². The standard InChI is InChI=1S/C15H13ClO3/c1-18-13-6-2-11(3-7-13)10-19-14-8-4-12(5-9-14)15(16)17/h2-9H,10H2,1H3. The molecule has 0 amide bonds. The van der Waals surface area contributed by atoms with Gasteiger partial charge in [-0.2, -0.15) is 0 Å². The molecule has 0 aromatic heterocycles. The van der Waals surface area contributed by atoms with Gasteiger partial charge in [0.05, 0.1) is 7.11 Å². The van der Waals surface area contributed by atoms with Crippen molar-refractivity contribution in [3.05, 3.63) is 59.7 Å². The van der Waals surface area contributed by atoms with Crippen molar-refractivity contribution >= 4 is 16.8 Å². The largest absolute Gasteiger partial charge is 0.497 e. The Labute approximate surface area is 116 Å². The van der Waals surface area contributed by atoms with Crippen molar-refractivity contribution in [3.8, 4) is 11.5 Å². The Kier molecular flexibility index (Phi) is 4.42. The Balaban J connectivity index is 1.95. The van der Waals surface area contributed by atoms with Crippen molar-refractivity contribution in [2.45, 2.75) is 6.61 Å². The Morgan fingerprint density at radius 1 is 1.00 bits per heavy atom. The van der Waals surface area contributed by atoms with Gasteiger partial charge in [-0.1, -0.05) is 12.1 Å². The van der Waals surface area contributed by atoms with Crippen LogP contribution in [0.25, 0.3) is 0 Å². The van der Waals surface area contributed by atoms with Gasteiger partial charge in [-0.15, -0.1) is 0 Å². The van der Waals surface area contributed by atoms with Gasteiger partial charge < -0.3 is 9.47 Å². The number of ether oxygens (including phenoxy) is 2. The predicted octanol–water partition coefficient (Wildman–Crippen LogP) is 3.65. The maximum absolute atomic E-state index is 10.9. The molecule has 0 spiro atoms. The zero-order valence-electron chi connectivity index (χ0n) is 10.4. The van der Waals surface area contributed by atoms with Crippen molar-refractivity contribution < 1.29 is 14.3 Å². The van der Waals surface area contributed by atoms with E-state index < -0.39 is 5.24 Å². The molecule has 0 N–H and O–H groups in total. The molecule has 3 nitrogen and oxygen atoms in total. The molecular formula is C15H13ClO3. The Morgan fingerprint density at radius 3 is 2.11 bits per heavy atom. The zero-order chi connectivity index (χ0) is 13.7. The van der Waals surface area contributed by atoms with Gasteiger partial charge in [0.1, 0.15) is 18.1 Å². The van der Waals surface area contributed by atoms with Crippen molar-refractivity contribution in [1.82, 2.24) is 0 Å². The molecule has 19 heavy (non-hydrogen) atoms. The monoisotopic (exact) mass is 276 g/mol. The van der Waals surface area contributed by atoms with Crippen molar-refractivity contribution in [2.75, 3.05) is 7.11 Å². The second-order valence-corrected chi connectivity index (χ2v) is 4.28. The number of hydrogen-bond donors (Lipinski definition) is 0. The highest BCUT2D eigenvalue weighted by atomic mass is 35.5. The third kappa shape index (κ3) is 3.73. The summed E-state index contributed by atoms with van der Waals surface area (Å²) in [6, 6.07) is 14.4. The number of benzene rings is 2. The summed E-state index contributed by atoms with van der Waals surface area (Å²) in [5.41, 5.74) is 1.50. The van der Waals surface area contributed by atoms with Crippen LogP contribution in [-0.2, 0) is 6.61 Å². The summed E-state index contributed by atoms with van der Waals surface area (Å²) in [6.07, 6.45) is 0. The summed E-state index contributed by atoms with van der Waals surface area (Å²) in [5.74, 6) is 1.51. The molecule has 0 radical (unpaired) electrons. The van der Waals surface area contributed by atoms with Crippen molar-refractivity contribution in [3.63, 3.8) is 0 Å². The van der Waals surface area contributed by atoms with Gasteiger partial charge in [0, 0.05) is 5.56 Å². The first kappa shape index (κ1) is 13.4. The highest BCUT2D eigenvalue weighted by molar-refractivity contribution is 6.67. The van der Waals surface area contributed by atoms with E-state index in [0.29, 0.717) is 17.9 Å². The first-order chi connectivity index (χ1) is 9.19.